The fourth-order valence-corrected chi connectivity index (χ4v) is 2.25. The van der Waals surface area contributed by atoms with Gasteiger partial charge >= 0.3 is 5.97 Å². The summed E-state index contributed by atoms with van der Waals surface area (Å²) in [6, 6.07) is 12.1. The number of ether oxygens (including phenoxy) is 1. The molecule has 0 aromatic heterocycles. The third kappa shape index (κ3) is 4.82. The highest BCUT2D eigenvalue weighted by Gasteiger charge is 2.11. The van der Waals surface area contributed by atoms with Crippen molar-refractivity contribution in [1.82, 2.24) is 0 Å². The van der Waals surface area contributed by atoms with Gasteiger partial charge in [-0.2, -0.15) is 0 Å². The molecule has 0 heterocycles. The van der Waals surface area contributed by atoms with E-state index in [0.717, 1.165) is 10.0 Å². The number of halogens is 1. The molecule has 0 bridgehead atoms. The van der Waals surface area contributed by atoms with E-state index in [1.165, 1.54) is 6.07 Å². The minimum absolute atomic E-state index is 0.208. The Balaban J connectivity index is 2.09. The van der Waals surface area contributed by atoms with Crippen LogP contribution in [0.2, 0.25) is 0 Å². The highest BCUT2D eigenvalue weighted by atomic mass is 79.9. The van der Waals surface area contributed by atoms with Crippen LogP contribution in [0.4, 0.5) is 11.4 Å². The molecular weight excluding hydrogens is 360 g/mol. The predicted octanol–water partition coefficient (Wildman–Crippen LogP) is 3.39. The van der Waals surface area contributed by atoms with Gasteiger partial charge in [-0.15, -0.1) is 0 Å². The van der Waals surface area contributed by atoms with Crippen LogP contribution >= 0.6 is 15.9 Å². The molecule has 2 aromatic rings. The fourth-order valence-electron chi connectivity index (χ4n) is 1.99. The van der Waals surface area contributed by atoms with E-state index in [0.29, 0.717) is 16.9 Å². The molecule has 5 nitrogen and oxygen atoms in total. The SMILES string of the molecule is CCOC(=O)c1ccc(N)c(NC(=O)Cc2ccc(Br)cc2)c1. The van der Waals surface area contributed by atoms with E-state index in [2.05, 4.69) is 21.2 Å². The smallest absolute Gasteiger partial charge is 0.338 e. The molecule has 0 unspecified atom stereocenters. The molecule has 0 fully saturated rings. The Labute approximate surface area is 143 Å². The van der Waals surface area contributed by atoms with E-state index < -0.39 is 5.97 Å². The van der Waals surface area contributed by atoms with Crippen molar-refractivity contribution < 1.29 is 14.3 Å². The van der Waals surface area contributed by atoms with Gasteiger partial charge in [0.05, 0.1) is 30.0 Å². The first-order valence-electron chi connectivity index (χ1n) is 7.10. The first kappa shape index (κ1) is 17.0. The molecule has 0 aliphatic heterocycles. The van der Waals surface area contributed by atoms with E-state index in [4.69, 9.17) is 10.5 Å². The van der Waals surface area contributed by atoms with Gasteiger partial charge in [-0.05, 0) is 42.8 Å². The Morgan fingerprint density at radius 1 is 1.17 bits per heavy atom. The van der Waals surface area contributed by atoms with Crippen LogP contribution in [0, 0.1) is 0 Å². The third-order valence-electron chi connectivity index (χ3n) is 3.12. The molecule has 2 aromatic carbocycles. The molecule has 0 radical (unpaired) electrons. The predicted molar refractivity (Wildman–Crippen MR) is 93.3 cm³/mol. The Hall–Kier alpha value is -2.34. The largest absolute Gasteiger partial charge is 0.462 e. The number of hydrogen-bond donors (Lipinski definition) is 2. The Morgan fingerprint density at radius 3 is 2.52 bits per heavy atom. The van der Waals surface area contributed by atoms with Gasteiger partial charge in [0, 0.05) is 4.47 Å². The number of amides is 1. The summed E-state index contributed by atoms with van der Waals surface area (Å²) in [5, 5.41) is 2.73. The number of hydrogen-bond acceptors (Lipinski definition) is 4. The summed E-state index contributed by atoms with van der Waals surface area (Å²) >= 11 is 3.35. The first-order chi connectivity index (χ1) is 11.0. The van der Waals surface area contributed by atoms with Crippen molar-refractivity contribution in [3.63, 3.8) is 0 Å². The first-order valence-corrected chi connectivity index (χ1v) is 7.90. The zero-order valence-corrected chi connectivity index (χ0v) is 14.2. The fraction of sp³-hybridized carbons (Fsp3) is 0.176. The molecule has 0 aliphatic carbocycles. The molecule has 120 valence electrons. The van der Waals surface area contributed by atoms with Crippen LogP contribution in [0.15, 0.2) is 46.9 Å². The van der Waals surface area contributed by atoms with Crippen molar-refractivity contribution in [2.45, 2.75) is 13.3 Å². The number of benzene rings is 2. The molecule has 3 N–H and O–H groups in total. The highest BCUT2D eigenvalue weighted by Crippen LogP contribution is 2.21. The van der Waals surface area contributed by atoms with Crippen LogP contribution in [0.5, 0.6) is 0 Å². The van der Waals surface area contributed by atoms with Crippen molar-refractivity contribution >= 4 is 39.2 Å². The zero-order chi connectivity index (χ0) is 16.8. The summed E-state index contributed by atoms with van der Waals surface area (Å²) < 4.78 is 5.89. The zero-order valence-electron chi connectivity index (χ0n) is 12.6. The van der Waals surface area contributed by atoms with E-state index in [-0.39, 0.29) is 18.9 Å². The molecule has 0 saturated carbocycles. The van der Waals surface area contributed by atoms with Crippen molar-refractivity contribution in [2.75, 3.05) is 17.7 Å². The second-order valence-corrected chi connectivity index (χ2v) is 5.79. The number of nitrogen functional groups attached to an aromatic ring is 1. The number of nitrogens with two attached hydrogens (primary N) is 1. The average molecular weight is 377 g/mol. The molecule has 0 saturated heterocycles. The highest BCUT2D eigenvalue weighted by molar-refractivity contribution is 9.10. The van der Waals surface area contributed by atoms with E-state index in [9.17, 15) is 9.59 Å². The van der Waals surface area contributed by atoms with Crippen LogP contribution in [0.25, 0.3) is 0 Å². The maximum Gasteiger partial charge on any atom is 0.338 e. The Kier molecular flexibility index (Phi) is 5.76. The normalized spacial score (nSPS) is 10.2. The summed E-state index contributed by atoms with van der Waals surface area (Å²) in [5.41, 5.74) is 7.87. The molecule has 6 heteroatoms. The molecule has 0 atom stereocenters. The van der Waals surface area contributed by atoms with E-state index in [1.54, 1.807) is 19.1 Å². The Bertz CT molecular complexity index is 714. The number of rotatable bonds is 5. The lowest BCUT2D eigenvalue weighted by molar-refractivity contribution is -0.115. The molecule has 1 amide bonds. The van der Waals surface area contributed by atoms with Crippen LogP contribution in [0.1, 0.15) is 22.8 Å². The maximum absolute atomic E-state index is 12.1. The summed E-state index contributed by atoms with van der Waals surface area (Å²) in [6.45, 7) is 2.02. The van der Waals surface area contributed by atoms with E-state index in [1.807, 2.05) is 24.3 Å². The van der Waals surface area contributed by atoms with Gasteiger partial charge in [0.2, 0.25) is 5.91 Å². The second-order valence-electron chi connectivity index (χ2n) is 4.87. The van der Waals surface area contributed by atoms with E-state index >= 15 is 0 Å². The van der Waals surface area contributed by atoms with Gasteiger partial charge < -0.3 is 15.8 Å². The van der Waals surface area contributed by atoms with Crippen molar-refractivity contribution in [3.8, 4) is 0 Å². The standard InChI is InChI=1S/C17H17BrN2O3/c1-2-23-17(22)12-5-8-14(19)15(10-12)20-16(21)9-11-3-6-13(18)7-4-11/h3-8,10H,2,9,19H2,1H3,(H,20,21). The maximum atomic E-state index is 12.1. The summed E-state index contributed by atoms with van der Waals surface area (Å²) in [4.78, 5) is 23.9. The number of nitrogens with one attached hydrogen (secondary N) is 1. The molecule has 23 heavy (non-hydrogen) atoms. The van der Waals surface area contributed by atoms with Gasteiger partial charge in [0.15, 0.2) is 0 Å². The van der Waals surface area contributed by atoms with Gasteiger partial charge in [0.25, 0.3) is 0 Å². The van der Waals surface area contributed by atoms with Crippen molar-refractivity contribution in [2.24, 2.45) is 0 Å². The summed E-state index contributed by atoms with van der Waals surface area (Å²) in [7, 11) is 0. The molecule has 0 aliphatic rings. The minimum Gasteiger partial charge on any atom is -0.462 e. The molecular formula is C17H17BrN2O3. The Morgan fingerprint density at radius 2 is 1.87 bits per heavy atom. The lowest BCUT2D eigenvalue weighted by Crippen LogP contribution is -2.16. The summed E-state index contributed by atoms with van der Waals surface area (Å²) in [5.74, 6) is -0.657. The lowest BCUT2D eigenvalue weighted by atomic mass is 10.1. The van der Waals surface area contributed by atoms with Crippen LogP contribution in [-0.2, 0) is 16.0 Å². The van der Waals surface area contributed by atoms with Gasteiger partial charge in [-0.1, -0.05) is 28.1 Å². The number of anilines is 2. The lowest BCUT2D eigenvalue weighted by Gasteiger charge is -2.10. The van der Waals surface area contributed by atoms with Crippen molar-refractivity contribution in [3.05, 3.63) is 58.1 Å². The minimum atomic E-state index is -0.448. The van der Waals surface area contributed by atoms with Gasteiger partial charge in [-0.25, -0.2) is 4.79 Å². The average Bonchev–Trinajstić information content (AvgIpc) is 2.52. The molecule has 0 spiro atoms. The number of esters is 1. The summed E-state index contributed by atoms with van der Waals surface area (Å²) in [6.07, 6.45) is 0.219. The van der Waals surface area contributed by atoms with Crippen LogP contribution in [-0.4, -0.2) is 18.5 Å². The van der Waals surface area contributed by atoms with Crippen molar-refractivity contribution in [1.29, 1.82) is 0 Å². The van der Waals surface area contributed by atoms with Crippen LogP contribution in [0.3, 0.4) is 0 Å². The van der Waals surface area contributed by atoms with Gasteiger partial charge in [-0.3, -0.25) is 4.79 Å². The van der Waals surface area contributed by atoms with Crippen LogP contribution < -0.4 is 11.1 Å². The number of carbonyl (C=O) groups is 2. The monoisotopic (exact) mass is 376 g/mol. The molecule has 2 rings (SSSR count). The topological polar surface area (TPSA) is 81.4 Å². The number of carbonyl (C=O) groups excluding carboxylic acids is 2. The third-order valence-corrected chi connectivity index (χ3v) is 3.65. The second kappa shape index (κ2) is 7.78. The quantitative estimate of drug-likeness (QED) is 0.618. The van der Waals surface area contributed by atoms with Gasteiger partial charge in [0.1, 0.15) is 0 Å².